The molecule has 0 aromatic heterocycles. The van der Waals surface area contributed by atoms with Crippen LogP contribution < -0.4 is 5.32 Å². The molecular formula is C14H15Br2NO3. The molecule has 0 unspecified atom stereocenters. The highest BCUT2D eigenvalue weighted by molar-refractivity contribution is 9.11. The van der Waals surface area contributed by atoms with Gasteiger partial charge in [-0.2, -0.15) is 0 Å². The van der Waals surface area contributed by atoms with E-state index in [2.05, 4.69) is 37.2 Å². The number of hydrogen-bond acceptors (Lipinski definition) is 3. The third kappa shape index (κ3) is 3.82. The van der Waals surface area contributed by atoms with Crippen molar-refractivity contribution >= 4 is 49.4 Å². The number of carbonyl (C=O) groups excluding carboxylic acids is 2. The minimum absolute atomic E-state index is 0.0272. The third-order valence-electron chi connectivity index (χ3n) is 3.21. The molecule has 1 aromatic rings. The largest absolute Gasteiger partial charge is 0.455 e. The zero-order valence-electron chi connectivity index (χ0n) is 11.2. The zero-order chi connectivity index (χ0) is 14.9. The van der Waals surface area contributed by atoms with Crippen molar-refractivity contribution in [2.45, 2.75) is 20.3 Å². The second-order valence-electron chi connectivity index (χ2n) is 5.08. The van der Waals surface area contributed by atoms with Crippen LogP contribution in [0.5, 0.6) is 0 Å². The van der Waals surface area contributed by atoms with Crippen LogP contribution in [-0.4, -0.2) is 18.5 Å². The van der Waals surface area contributed by atoms with Gasteiger partial charge in [0.05, 0.1) is 11.6 Å². The molecule has 0 aliphatic heterocycles. The highest BCUT2D eigenvalue weighted by Gasteiger charge is 2.40. The van der Waals surface area contributed by atoms with Crippen LogP contribution in [0.3, 0.4) is 0 Å². The molecule has 108 valence electrons. The van der Waals surface area contributed by atoms with Gasteiger partial charge in [0.2, 0.25) is 0 Å². The minimum atomic E-state index is -0.350. The van der Waals surface area contributed by atoms with E-state index in [9.17, 15) is 9.59 Å². The quantitative estimate of drug-likeness (QED) is 0.779. The van der Waals surface area contributed by atoms with Crippen molar-refractivity contribution in [2.75, 3.05) is 11.9 Å². The molecule has 0 saturated heterocycles. The maximum atomic E-state index is 11.8. The fourth-order valence-electron chi connectivity index (χ4n) is 1.89. The van der Waals surface area contributed by atoms with Gasteiger partial charge < -0.3 is 10.1 Å². The third-order valence-corrected chi connectivity index (χ3v) is 4.46. The Morgan fingerprint density at radius 1 is 1.35 bits per heavy atom. The van der Waals surface area contributed by atoms with E-state index < -0.39 is 0 Å². The summed E-state index contributed by atoms with van der Waals surface area (Å²) in [5.41, 5.74) is 1.70. The molecule has 0 bridgehead atoms. The van der Waals surface area contributed by atoms with E-state index >= 15 is 0 Å². The topological polar surface area (TPSA) is 55.4 Å². The van der Waals surface area contributed by atoms with Gasteiger partial charge in [0.1, 0.15) is 0 Å². The Balaban J connectivity index is 1.90. The number of esters is 1. The number of carbonyl (C=O) groups is 2. The van der Waals surface area contributed by atoms with Crippen molar-refractivity contribution in [3.8, 4) is 0 Å². The normalized spacial score (nSPS) is 20.4. The smallest absolute Gasteiger partial charge is 0.309 e. The van der Waals surface area contributed by atoms with E-state index in [1.165, 1.54) is 0 Å². The number of halogens is 2. The van der Waals surface area contributed by atoms with Crippen LogP contribution in [0, 0.1) is 18.8 Å². The Kier molecular flexibility index (Phi) is 4.86. The van der Waals surface area contributed by atoms with Crippen LogP contribution in [0.4, 0.5) is 5.69 Å². The Hall–Kier alpha value is -0.880. The molecule has 0 spiro atoms. The zero-order valence-corrected chi connectivity index (χ0v) is 14.4. The van der Waals surface area contributed by atoms with Gasteiger partial charge in [0.25, 0.3) is 5.91 Å². The lowest BCUT2D eigenvalue weighted by atomic mass is 10.2. The van der Waals surface area contributed by atoms with Gasteiger partial charge in [-0.1, -0.05) is 6.92 Å². The summed E-state index contributed by atoms with van der Waals surface area (Å²) in [7, 11) is 0. The van der Waals surface area contributed by atoms with Gasteiger partial charge in [0.15, 0.2) is 6.61 Å². The van der Waals surface area contributed by atoms with Crippen LogP contribution in [0.1, 0.15) is 18.9 Å². The Bertz CT molecular complexity index is 536. The molecule has 1 aliphatic carbocycles. The predicted octanol–water partition coefficient (Wildman–Crippen LogP) is 3.66. The minimum Gasteiger partial charge on any atom is -0.455 e. The number of ether oxygens (including phenoxy) is 1. The first kappa shape index (κ1) is 15.5. The maximum absolute atomic E-state index is 11.8. The van der Waals surface area contributed by atoms with E-state index in [4.69, 9.17) is 4.74 Å². The van der Waals surface area contributed by atoms with Crippen molar-refractivity contribution in [1.82, 2.24) is 0 Å². The van der Waals surface area contributed by atoms with E-state index in [1.807, 2.05) is 26.0 Å². The average molecular weight is 405 g/mol. The Morgan fingerprint density at radius 3 is 2.40 bits per heavy atom. The lowest BCUT2D eigenvalue weighted by Crippen LogP contribution is -2.22. The van der Waals surface area contributed by atoms with Crippen LogP contribution >= 0.6 is 31.9 Å². The molecule has 1 fully saturated rings. The summed E-state index contributed by atoms with van der Waals surface area (Å²) < 4.78 is 6.55. The molecular weight excluding hydrogens is 390 g/mol. The van der Waals surface area contributed by atoms with Crippen LogP contribution in [0.2, 0.25) is 0 Å². The molecule has 0 heterocycles. The fourth-order valence-corrected chi connectivity index (χ4v) is 3.50. The number of anilines is 1. The number of aryl methyl sites for hydroxylation is 1. The Labute approximate surface area is 134 Å². The lowest BCUT2D eigenvalue weighted by molar-refractivity contribution is -0.148. The molecule has 4 nitrogen and oxygen atoms in total. The highest BCUT2D eigenvalue weighted by atomic mass is 79.9. The Morgan fingerprint density at radius 2 is 1.90 bits per heavy atom. The summed E-state index contributed by atoms with van der Waals surface area (Å²) in [6.45, 7) is 3.70. The molecule has 1 saturated carbocycles. The summed E-state index contributed by atoms with van der Waals surface area (Å²) >= 11 is 6.79. The van der Waals surface area contributed by atoms with Crippen molar-refractivity contribution in [1.29, 1.82) is 0 Å². The van der Waals surface area contributed by atoms with Crippen LogP contribution in [0.25, 0.3) is 0 Å². The first-order valence-electron chi connectivity index (χ1n) is 6.30. The van der Waals surface area contributed by atoms with Gasteiger partial charge in [0, 0.05) is 8.95 Å². The monoisotopic (exact) mass is 403 g/mol. The molecule has 0 radical (unpaired) electrons. The number of benzene rings is 1. The molecule has 1 aliphatic rings. The van der Waals surface area contributed by atoms with Gasteiger partial charge in [-0.25, -0.2) is 0 Å². The molecule has 2 atom stereocenters. The van der Waals surface area contributed by atoms with E-state index in [1.54, 1.807) is 0 Å². The van der Waals surface area contributed by atoms with Crippen molar-refractivity contribution < 1.29 is 14.3 Å². The average Bonchev–Trinajstić information content (AvgIpc) is 3.08. The van der Waals surface area contributed by atoms with Crippen molar-refractivity contribution in [3.63, 3.8) is 0 Å². The lowest BCUT2D eigenvalue weighted by Gasteiger charge is -2.11. The standard InChI is InChI=1S/C14H15Br2NO3/c1-7-3-10(15)13(11(16)4-7)17-12(18)6-20-14(19)9-5-8(9)2/h3-4,8-9H,5-6H2,1-2H3,(H,17,18)/t8-,9+/m1/s1. The van der Waals surface area contributed by atoms with Crippen LogP contribution in [0.15, 0.2) is 21.1 Å². The summed E-state index contributed by atoms with van der Waals surface area (Å²) in [5, 5.41) is 2.72. The van der Waals surface area contributed by atoms with E-state index in [0.717, 1.165) is 20.9 Å². The predicted molar refractivity (Wildman–Crippen MR) is 83.4 cm³/mol. The number of rotatable bonds is 4. The van der Waals surface area contributed by atoms with Gasteiger partial charge in [-0.05, 0) is 68.8 Å². The summed E-state index contributed by atoms with van der Waals surface area (Å²) in [4.78, 5) is 23.3. The maximum Gasteiger partial charge on any atom is 0.309 e. The summed E-state index contributed by atoms with van der Waals surface area (Å²) in [6.07, 6.45) is 0.857. The fraction of sp³-hybridized carbons (Fsp3) is 0.429. The molecule has 1 N–H and O–H groups in total. The second-order valence-corrected chi connectivity index (χ2v) is 6.79. The van der Waals surface area contributed by atoms with Crippen molar-refractivity contribution in [2.24, 2.45) is 11.8 Å². The van der Waals surface area contributed by atoms with Gasteiger partial charge >= 0.3 is 5.97 Å². The number of amides is 1. The van der Waals surface area contributed by atoms with Crippen molar-refractivity contribution in [3.05, 3.63) is 26.6 Å². The molecule has 1 amide bonds. The number of nitrogens with one attached hydrogen (secondary N) is 1. The van der Waals surface area contributed by atoms with E-state index in [-0.39, 0.29) is 24.4 Å². The second kappa shape index (κ2) is 6.26. The highest BCUT2D eigenvalue weighted by Crippen LogP contribution is 2.38. The van der Waals surface area contributed by atoms with Gasteiger partial charge in [-0.3, -0.25) is 9.59 Å². The summed E-state index contributed by atoms with van der Waals surface area (Å²) in [6, 6.07) is 3.80. The first-order valence-corrected chi connectivity index (χ1v) is 7.89. The molecule has 2 rings (SSSR count). The van der Waals surface area contributed by atoms with E-state index in [0.29, 0.717) is 11.6 Å². The first-order chi connectivity index (χ1) is 9.38. The molecule has 20 heavy (non-hydrogen) atoms. The summed E-state index contributed by atoms with van der Waals surface area (Å²) in [5.74, 6) is -0.279. The SMILES string of the molecule is Cc1cc(Br)c(NC(=O)COC(=O)[C@H]2C[C@H]2C)c(Br)c1. The van der Waals surface area contributed by atoms with Crippen LogP contribution in [-0.2, 0) is 14.3 Å². The molecule has 6 heteroatoms. The van der Waals surface area contributed by atoms with Gasteiger partial charge in [-0.15, -0.1) is 0 Å². The number of hydrogen-bond donors (Lipinski definition) is 1. The molecule has 1 aromatic carbocycles.